The van der Waals surface area contributed by atoms with Gasteiger partial charge in [-0.1, -0.05) is 110 Å². The van der Waals surface area contributed by atoms with Gasteiger partial charge in [0.2, 0.25) is 0 Å². The van der Waals surface area contributed by atoms with E-state index in [-0.39, 0.29) is 52.3 Å². The van der Waals surface area contributed by atoms with Crippen LogP contribution in [0, 0.1) is 52.3 Å². The Balaban J connectivity index is 5.99. The number of rotatable bonds is 21. The van der Waals surface area contributed by atoms with Gasteiger partial charge in [0.05, 0.1) is 0 Å². The summed E-state index contributed by atoms with van der Waals surface area (Å²) in [5.41, 5.74) is -4.66. The maximum absolute atomic E-state index is 17.4. The first-order valence-corrected chi connectivity index (χ1v) is 17.7. The third-order valence-electron chi connectivity index (χ3n) is 13.1. The molecule has 0 aromatic heterocycles. The zero-order valence-corrected chi connectivity index (χ0v) is 30.7. The highest BCUT2D eigenvalue weighted by molar-refractivity contribution is 5.05. The van der Waals surface area contributed by atoms with E-state index in [0.29, 0.717) is 19.3 Å². The van der Waals surface area contributed by atoms with Crippen LogP contribution in [-0.4, -0.2) is 17.0 Å². The quantitative estimate of drug-likeness (QED) is 0.125. The zero-order chi connectivity index (χ0) is 32.6. The van der Waals surface area contributed by atoms with Gasteiger partial charge in [-0.2, -0.15) is 0 Å². The van der Waals surface area contributed by atoms with Gasteiger partial charge in [-0.05, 0) is 107 Å². The van der Waals surface area contributed by atoms with Crippen LogP contribution in [0.1, 0.15) is 175 Å². The van der Waals surface area contributed by atoms with Crippen molar-refractivity contribution in [3.8, 4) is 0 Å². The van der Waals surface area contributed by atoms with Crippen molar-refractivity contribution < 1.29 is 13.2 Å². The van der Waals surface area contributed by atoms with E-state index in [1.165, 1.54) is 0 Å². The molecule has 0 fully saturated rings. The van der Waals surface area contributed by atoms with E-state index in [0.717, 1.165) is 44.9 Å². The van der Waals surface area contributed by atoms with Crippen molar-refractivity contribution in [1.29, 1.82) is 0 Å². The largest absolute Gasteiger partial charge is 0.244 e. The van der Waals surface area contributed by atoms with Crippen molar-refractivity contribution in [2.24, 2.45) is 52.3 Å². The van der Waals surface area contributed by atoms with Gasteiger partial charge >= 0.3 is 0 Å². The van der Waals surface area contributed by atoms with E-state index in [4.69, 9.17) is 0 Å². The third kappa shape index (κ3) is 8.71. The highest BCUT2D eigenvalue weighted by atomic mass is 19.2. The molecule has 0 spiro atoms. The fourth-order valence-electron chi connectivity index (χ4n) is 9.24. The van der Waals surface area contributed by atoms with E-state index in [9.17, 15) is 0 Å². The SMILES string of the molecule is CCC(CCCC(F)(C(C)(CC)CC)C(C)(CC)CC)C(C)(F)C(CC)C(C)CC(C)C(C(C)C)C(C)(F)C(C)C. The van der Waals surface area contributed by atoms with Crippen LogP contribution in [0.2, 0.25) is 0 Å². The summed E-state index contributed by atoms with van der Waals surface area (Å²) >= 11 is 0. The van der Waals surface area contributed by atoms with Crippen molar-refractivity contribution in [3.05, 3.63) is 0 Å². The molecule has 0 radical (unpaired) electrons. The Morgan fingerprint density at radius 3 is 1.34 bits per heavy atom. The lowest BCUT2D eigenvalue weighted by Gasteiger charge is -2.53. The molecule has 248 valence electrons. The summed E-state index contributed by atoms with van der Waals surface area (Å²) in [6, 6.07) is 0. The average molecular weight is 589 g/mol. The zero-order valence-electron chi connectivity index (χ0n) is 30.7. The maximum atomic E-state index is 17.4. The number of alkyl halides is 3. The van der Waals surface area contributed by atoms with Crippen molar-refractivity contribution in [1.82, 2.24) is 0 Å². The number of hydrogen-bond donors (Lipinski definition) is 0. The first-order chi connectivity index (χ1) is 18.7. The minimum absolute atomic E-state index is 0.0577. The van der Waals surface area contributed by atoms with E-state index < -0.39 is 17.0 Å². The van der Waals surface area contributed by atoms with Gasteiger partial charge < -0.3 is 0 Å². The average Bonchev–Trinajstić information content (AvgIpc) is 2.89. The number of halogens is 3. The lowest BCUT2D eigenvalue weighted by Crippen LogP contribution is -2.54. The molecule has 0 heterocycles. The topological polar surface area (TPSA) is 0 Å². The molecule has 7 atom stereocenters. The molecule has 0 saturated carbocycles. The van der Waals surface area contributed by atoms with Gasteiger partial charge in [0.1, 0.15) is 17.0 Å². The van der Waals surface area contributed by atoms with Gasteiger partial charge in [-0.15, -0.1) is 0 Å². The summed E-state index contributed by atoms with van der Waals surface area (Å²) in [6.07, 6.45) is 7.53. The lowest BCUT2D eigenvalue weighted by atomic mass is 9.55. The van der Waals surface area contributed by atoms with E-state index >= 15 is 13.2 Å². The Hall–Kier alpha value is -0.210. The van der Waals surface area contributed by atoms with Crippen LogP contribution in [0.5, 0.6) is 0 Å². The van der Waals surface area contributed by atoms with Crippen LogP contribution in [0.25, 0.3) is 0 Å². The Labute approximate surface area is 257 Å². The third-order valence-corrected chi connectivity index (χ3v) is 13.1. The fraction of sp³-hybridized carbons (Fsp3) is 1.00. The monoisotopic (exact) mass is 589 g/mol. The van der Waals surface area contributed by atoms with E-state index in [2.05, 4.69) is 83.1 Å². The summed E-state index contributed by atoms with van der Waals surface area (Å²) in [7, 11) is 0. The van der Waals surface area contributed by atoms with Crippen LogP contribution in [0.4, 0.5) is 13.2 Å². The van der Waals surface area contributed by atoms with Gasteiger partial charge in [0.15, 0.2) is 0 Å². The van der Waals surface area contributed by atoms with Crippen molar-refractivity contribution in [3.63, 3.8) is 0 Å². The molecule has 0 N–H and O–H groups in total. The first-order valence-electron chi connectivity index (χ1n) is 17.7. The molecule has 0 aliphatic carbocycles. The minimum Gasteiger partial charge on any atom is -0.244 e. The minimum atomic E-state index is -1.34. The second kappa shape index (κ2) is 16.2. The molecule has 3 heteroatoms. The van der Waals surface area contributed by atoms with Crippen molar-refractivity contribution in [2.75, 3.05) is 0 Å². The molecule has 0 saturated heterocycles. The molecule has 41 heavy (non-hydrogen) atoms. The molecule has 7 unspecified atom stereocenters. The lowest BCUT2D eigenvalue weighted by molar-refractivity contribution is -0.117. The highest BCUT2D eigenvalue weighted by Gasteiger charge is 2.56. The van der Waals surface area contributed by atoms with E-state index in [1.807, 2.05) is 20.8 Å². The predicted octanol–water partition coefficient (Wildman–Crippen LogP) is 13.6. The normalized spacial score (nSPS) is 20.4. The van der Waals surface area contributed by atoms with Crippen molar-refractivity contribution >= 4 is 0 Å². The number of hydrogen-bond acceptors (Lipinski definition) is 0. The predicted molar refractivity (Wildman–Crippen MR) is 178 cm³/mol. The molecule has 0 aliphatic rings. The Morgan fingerprint density at radius 1 is 0.585 bits per heavy atom. The van der Waals surface area contributed by atoms with Gasteiger partial charge in [0.25, 0.3) is 0 Å². The molecule has 0 nitrogen and oxygen atoms in total. The molecule has 0 bridgehead atoms. The van der Waals surface area contributed by atoms with Gasteiger partial charge in [-0.3, -0.25) is 0 Å². The van der Waals surface area contributed by atoms with Crippen LogP contribution < -0.4 is 0 Å². The van der Waals surface area contributed by atoms with Crippen molar-refractivity contribution in [2.45, 2.75) is 192 Å². The molecular weight excluding hydrogens is 513 g/mol. The van der Waals surface area contributed by atoms with E-state index in [1.54, 1.807) is 6.92 Å². The highest BCUT2D eigenvalue weighted by Crippen LogP contribution is 2.57. The molecular formula is C38H75F3. The van der Waals surface area contributed by atoms with Crippen LogP contribution in [0.3, 0.4) is 0 Å². The summed E-state index contributed by atoms with van der Waals surface area (Å²) in [6.45, 7) is 33.1. The summed E-state index contributed by atoms with van der Waals surface area (Å²) < 4.78 is 50.4. The summed E-state index contributed by atoms with van der Waals surface area (Å²) in [4.78, 5) is 0. The van der Waals surface area contributed by atoms with Gasteiger partial charge in [0, 0.05) is 10.8 Å². The fourth-order valence-corrected chi connectivity index (χ4v) is 9.24. The Bertz CT molecular complexity index is 695. The molecule has 0 rings (SSSR count). The van der Waals surface area contributed by atoms with Crippen LogP contribution in [0.15, 0.2) is 0 Å². The summed E-state index contributed by atoms with van der Waals surface area (Å²) in [5, 5.41) is 0. The second-order valence-corrected chi connectivity index (χ2v) is 15.8. The smallest absolute Gasteiger partial charge is 0.121 e. The Morgan fingerprint density at radius 2 is 1.02 bits per heavy atom. The molecule has 0 aromatic rings. The molecule has 0 amide bonds. The van der Waals surface area contributed by atoms with Crippen LogP contribution >= 0.6 is 0 Å². The standard InChI is InChI=1S/C38H75F3/c1-17-31(24-23-25-38(41,34(13,19-3)20-4)35(14,21-5)22-6)37(16,40)32(18-2)29(11)26-30(12)33(27(7)8)36(15,39)28(9)10/h27-33H,17-26H2,1-16H3. The molecule has 0 aliphatic heterocycles. The maximum Gasteiger partial charge on any atom is 0.121 e. The Kier molecular flexibility index (Phi) is 16.1. The van der Waals surface area contributed by atoms with Gasteiger partial charge in [-0.25, -0.2) is 13.2 Å². The molecule has 0 aromatic carbocycles. The van der Waals surface area contributed by atoms with Crippen LogP contribution in [-0.2, 0) is 0 Å². The second-order valence-electron chi connectivity index (χ2n) is 15.8. The first kappa shape index (κ1) is 40.8. The summed E-state index contributed by atoms with van der Waals surface area (Å²) in [5.74, 6) is 0.210.